The average molecular weight is 169 g/mol. The zero-order chi connectivity index (χ0) is 8.81. The molecule has 0 atom stereocenters. The Hall–Kier alpha value is -1.51. The van der Waals surface area contributed by atoms with E-state index in [0.29, 0.717) is 18.7 Å². The molecule has 6 heteroatoms. The van der Waals surface area contributed by atoms with E-state index in [1.165, 1.54) is 4.68 Å². The molecule has 1 heterocycles. The van der Waals surface area contributed by atoms with Gasteiger partial charge in [-0.25, -0.2) is 4.68 Å². The molecule has 1 aromatic rings. The molecule has 0 aliphatic rings. The number of nitrogens with zero attached hydrogens (tertiary/aromatic N) is 5. The van der Waals surface area contributed by atoms with Crippen LogP contribution in [0.4, 0.5) is 4.39 Å². The van der Waals surface area contributed by atoms with Crippen molar-refractivity contribution in [2.75, 3.05) is 6.67 Å². The summed E-state index contributed by atoms with van der Waals surface area (Å²) in [6.45, 7) is -0.270. The molecular formula is C6H8FN5. The van der Waals surface area contributed by atoms with Gasteiger partial charge in [-0.2, -0.15) is 5.26 Å². The van der Waals surface area contributed by atoms with Crippen LogP contribution >= 0.6 is 0 Å². The van der Waals surface area contributed by atoms with Gasteiger partial charge in [0.2, 0.25) is 0 Å². The van der Waals surface area contributed by atoms with Gasteiger partial charge in [-0.1, -0.05) is 0 Å². The van der Waals surface area contributed by atoms with Gasteiger partial charge < -0.3 is 0 Å². The molecule has 0 aliphatic heterocycles. The first-order chi connectivity index (χ1) is 5.88. The monoisotopic (exact) mass is 169 g/mol. The third-order valence-electron chi connectivity index (χ3n) is 1.36. The Balaban J connectivity index is 2.58. The fourth-order valence-electron chi connectivity index (χ4n) is 0.817. The molecule has 1 aromatic heterocycles. The minimum atomic E-state index is -0.389. The summed E-state index contributed by atoms with van der Waals surface area (Å²) in [6.07, 6.45) is 0.872. The van der Waals surface area contributed by atoms with Crippen LogP contribution in [0.2, 0.25) is 0 Å². The summed E-state index contributed by atoms with van der Waals surface area (Å²) >= 11 is 0. The lowest BCUT2D eigenvalue weighted by atomic mass is 10.3. The number of aryl methyl sites for hydroxylation is 1. The fourth-order valence-corrected chi connectivity index (χ4v) is 0.817. The second-order valence-electron chi connectivity index (χ2n) is 2.20. The van der Waals surface area contributed by atoms with Crippen molar-refractivity contribution in [2.24, 2.45) is 0 Å². The maximum absolute atomic E-state index is 11.8. The van der Waals surface area contributed by atoms with Crippen LogP contribution in [0.5, 0.6) is 0 Å². The van der Waals surface area contributed by atoms with Gasteiger partial charge in [-0.15, -0.1) is 5.10 Å². The number of nitriles is 1. The Morgan fingerprint density at radius 3 is 3.08 bits per heavy atom. The molecule has 64 valence electrons. The van der Waals surface area contributed by atoms with Crippen molar-refractivity contribution in [1.29, 1.82) is 5.26 Å². The van der Waals surface area contributed by atoms with Crippen molar-refractivity contribution < 1.29 is 4.39 Å². The highest BCUT2D eigenvalue weighted by molar-refractivity contribution is 4.84. The number of tetrazole rings is 1. The lowest BCUT2D eigenvalue weighted by molar-refractivity contribution is 0.464. The van der Waals surface area contributed by atoms with Crippen molar-refractivity contribution in [3.05, 3.63) is 5.82 Å². The van der Waals surface area contributed by atoms with Gasteiger partial charge in [0.05, 0.1) is 12.7 Å². The SMILES string of the molecule is N#CCn1nnnc1CCCF. The zero-order valence-corrected chi connectivity index (χ0v) is 6.44. The summed E-state index contributed by atoms with van der Waals surface area (Å²) in [4.78, 5) is 0. The largest absolute Gasteiger partial charge is 0.251 e. The smallest absolute Gasteiger partial charge is 0.152 e. The Kier molecular flexibility index (Phi) is 3.14. The van der Waals surface area contributed by atoms with E-state index in [-0.39, 0.29) is 13.2 Å². The molecule has 0 saturated heterocycles. The van der Waals surface area contributed by atoms with Crippen LogP contribution in [0.25, 0.3) is 0 Å². The van der Waals surface area contributed by atoms with Gasteiger partial charge in [0.1, 0.15) is 6.54 Å². The Morgan fingerprint density at radius 1 is 1.58 bits per heavy atom. The Bertz CT molecular complexity index is 276. The van der Waals surface area contributed by atoms with Crippen molar-refractivity contribution in [1.82, 2.24) is 20.2 Å². The molecule has 0 amide bonds. The number of halogens is 1. The molecule has 0 bridgehead atoms. The Labute approximate surface area is 68.8 Å². The molecule has 1 rings (SSSR count). The van der Waals surface area contributed by atoms with E-state index < -0.39 is 0 Å². The van der Waals surface area contributed by atoms with Crippen molar-refractivity contribution in [2.45, 2.75) is 19.4 Å². The van der Waals surface area contributed by atoms with Crippen molar-refractivity contribution >= 4 is 0 Å². The molecule has 0 spiro atoms. The summed E-state index contributed by atoms with van der Waals surface area (Å²) in [5, 5.41) is 19.0. The topological polar surface area (TPSA) is 67.4 Å². The first kappa shape index (κ1) is 8.59. The van der Waals surface area contributed by atoms with Crippen LogP contribution < -0.4 is 0 Å². The highest BCUT2D eigenvalue weighted by Crippen LogP contribution is 1.96. The first-order valence-corrected chi connectivity index (χ1v) is 3.56. The van der Waals surface area contributed by atoms with Crippen LogP contribution in [0.3, 0.4) is 0 Å². The number of rotatable bonds is 4. The first-order valence-electron chi connectivity index (χ1n) is 3.56. The van der Waals surface area contributed by atoms with Gasteiger partial charge in [0.25, 0.3) is 0 Å². The van der Waals surface area contributed by atoms with Crippen molar-refractivity contribution in [3.63, 3.8) is 0 Å². The minimum Gasteiger partial charge on any atom is -0.251 e. The molecular weight excluding hydrogens is 161 g/mol. The van der Waals surface area contributed by atoms with Gasteiger partial charge in [0, 0.05) is 6.42 Å². The summed E-state index contributed by atoms with van der Waals surface area (Å²) in [5.41, 5.74) is 0. The highest BCUT2D eigenvalue weighted by Gasteiger charge is 2.03. The van der Waals surface area contributed by atoms with Gasteiger partial charge in [-0.05, 0) is 16.8 Å². The molecule has 0 aromatic carbocycles. The highest BCUT2D eigenvalue weighted by atomic mass is 19.1. The average Bonchev–Trinajstić information content (AvgIpc) is 2.50. The minimum absolute atomic E-state index is 0.120. The Morgan fingerprint density at radius 2 is 2.42 bits per heavy atom. The number of hydrogen-bond acceptors (Lipinski definition) is 4. The van der Waals surface area contributed by atoms with E-state index in [1.54, 1.807) is 0 Å². The van der Waals surface area contributed by atoms with E-state index in [2.05, 4.69) is 15.5 Å². The van der Waals surface area contributed by atoms with Crippen LogP contribution in [-0.2, 0) is 13.0 Å². The summed E-state index contributed by atoms with van der Waals surface area (Å²) in [5.74, 6) is 0.564. The molecule has 0 N–H and O–H groups in total. The third kappa shape index (κ3) is 1.99. The normalized spacial score (nSPS) is 9.67. The van der Waals surface area contributed by atoms with E-state index in [0.717, 1.165) is 0 Å². The van der Waals surface area contributed by atoms with Crippen LogP contribution in [0, 0.1) is 11.3 Å². The molecule has 0 fully saturated rings. The molecule has 0 unspecified atom stereocenters. The summed E-state index contributed by atoms with van der Waals surface area (Å²) in [6, 6.07) is 1.91. The van der Waals surface area contributed by atoms with Crippen LogP contribution in [0.15, 0.2) is 0 Å². The van der Waals surface area contributed by atoms with Crippen LogP contribution in [0.1, 0.15) is 12.2 Å². The molecule has 5 nitrogen and oxygen atoms in total. The van der Waals surface area contributed by atoms with E-state index in [1.807, 2.05) is 6.07 Å². The molecule has 0 saturated carbocycles. The molecule has 0 aliphatic carbocycles. The third-order valence-corrected chi connectivity index (χ3v) is 1.36. The molecule has 12 heavy (non-hydrogen) atoms. The van der Waals surface area contributed by atoms with Gasteiger partial charge in [0.15, 0.2) is 5.82 Å². The second kappa shape index (κ2) is 4.38. The molecule has 0 radical (unpaired) electrons. The van der Waals surface area contributed by atoms with E-state index in [4.69, 9.17) is 5.26 Å². The standard InChI is InChI=1S/C6H8FN5/c7-3-1-2-6-9-10-11-12(6)5-4-8/h1-3,5H2. The van der Waals surface area contributed by atoms with E-state index >= 15 is 0 Å². The number of hydrogen-bond donors (Lipinski definition) is 0. The lowest BCUT2D eigenvalue weighted by Gasteiger charge is -1.96. The van der Waals surface area contributed by atoms with Gasteiger partial charge >= 0.3 is 0 Å². The summed E-state index contributed by atoms with van der Waals surface area (Å²) in [7, 11) is 0. The number of aromatic nitrogens is 4. The summed E-state index contributed by atoms with van der Waals surface area (Å²) < 4.78 is 13.1. The number of alkyl halides is 1. The van der Waals surface area contributed by atoms with Gasteiger partial charge in [-0.3, -0.25) is 4.39 Å². The maximum atomic E-state index is 11.8. The fraction of sp³-hybridized carbons (Fsp3) is 0.667. The quantitative estimate of drug-likeness (QED) is 0.641. The van der Waals surface area contributed by atoms with E-state index in [9.17, 15) is 4.39 Å². The maximum Gasteiger partial charge on any atom is 0.152 e. The predicted octanol–water partition coefficient (Wildman–Crippen LogP) is 0.0988. The zero-order valence-electron chi connectivity index (χ0n) is 6.44. The predicted molar refractivity (Wildman–Crippen MR) is 37.7 cm³/mol. The second-order valence-corrected chi connectivity index (χ2v) is 2.20. The lowest BCUT2D eigenvalue weighted by Crippen LogP contribution is -2.04. The van der Waals surface area contributed by atoms with Crippen molar-refractivity contribution in [3.8, 4) is 6.07 Å². The van der Waals surface area contributed by atoms with Crippen LogP contribution in [-0.4, -0.2) is 26.9 Å².